The molecule has 1 unspecified atom stereocenters. The first kappa shape index (κ1) is 21.9. The van der Waals surface area contributed by atoms with Crippen molar-refractivity contribution in [3.63, 3.8) is 0 Å². The molecule has 7 heteroatoms. The summed E-state index contributed by atoms with van der Waals surface area (Å²) in [4.78, 5) is 27.6. The lowest BCUT2D eigenvalue weighted by Gasteiger charge is -2.25. The maximum absolute atomic E-state index is 13.2. The highest BCUT2D eigenvalue weighted by Crippen LogP contribution is 2.43. The number of carbonyl (C=O) groups excluding carboxylic acids is 2. The molecule has 1 N–H and O–H groups in total. The van der Waals surface area contributed by atoms with Crippen LogP contribution in [0.3, 0.4) is 0 Å². The van der Waals surface area contributed by atoms with Crippen molar-refractivity contribution in [2.45, 2.75) is 13.0 Å². The molecule has 1 aliphatic rings. The molecular formula is C25H19Cl2NO4. The van der Waals surface area contributed by atoms with Gasteiger partial charge in [0, 0.05) is 16.3 Å². The fourth-order valence-corrected chi connectivity index (χ4v) is 4.07. The minimum atomic E-state index is -0.843. The van der Waals surface area contributed by atoms with Crippen LogP contribution in [0.15, 0.2) is 78.4 Å². The Morgan fingerprint density at radius 3 is 2.34 bits per heavy atom. The molecule has 1 fully saturated rings. The van der Waals surface area contributed by atoms with Gasteiger partial charge in [0.2, 0.25) is 0 Å². The highest BCUT2D eigenvalue weighted by molar-refractivity contribution is 6.52. The molecule has 0 saturated carbocycles. The van der Waals surface area contributed by atoms with E-state index in [-0.39, 0.29) is 21.9 Å². The highest BCUT2D eigenvalue weighted by Gasteiger charge is 2.47. The first-order chi connectivity index (χ1) is 15.4. The minimum Gasteiger partial charge on any atom is -0.507 e. The van der Waals surface area contributed by atoms with E-state index in [0.717, 1.165) is 0 Å². The summed E-state index contributed by atoms with van der Waals surface area (Å²) in [5.74, 6) is -1.43. The fraction of sp³-hybridized carbons (Fsp3) is 0.120. The molecule has 4 rings (SSSR count). The van der Waals surface area contributed by atoms with E-state index in [9.17, 15) is 14.7 Å². The number of ether oxygens (including phenoxy) is 1. The number of rotatable bonds is 5. The molecule has 1 aliphatic heterocycles. The van der Waals surface area contributed by atoms with Crippen molar-refractivity contribution in [1.29, 1.82) is 0 Å². The highest BCUT2D eigenvalue weighted by atomic mass is 35.5. The third-order valence-electron chi connectivity index (χ3n) is 5.17. The average molecular weight is 468 g/mol. The summed E-state index contributed by atoms with van der Waals surface area (Å²) < 4.78 is 5.51. The molecule has 0 bridgehead atoms. The van der Waals surface area contributed by atoms with Crippen molar-refractivity contribution >= 4 is 46.3 Å². The Morgan fingerprint density at radius 2 is 1.69 bits per heavy atom. The van der Waals surface area contributed by atoms with E-state index in [1.165, 1.54) is 4.90 Å². The molecule has 32 heavy (non-hydrogen) atoms. The fourth-order valence-electron chi connectivity index (χ4n) is 3.74. The molecule has 0 radical (unpaired) electrons. The zero-order valence-electron chi connectivity index (χ0n) is 17.1. The van der Waals surface area contributed by atoms with Gasteiger partial charge < -0.3 is 9.84 Å². The van der Waals surface area contributed by atoms with Gasteiger partial charge in [-0.2, -0.15) is 0 Å². The number of benzene rings is 3. The number of aliphatic hydroxyl groups is 1. The van der Waals surface area contributed by atoms with Crippen LogP contribution in [0.2, 0.25) is 10.0 Å². The van der Waals surface area contributed by atoms with Crippen LogP contribution in [0.5, 0.6) is 5.75 Å². The van der Waals surface area contributed by atoms with Gasteiger partial charge in [-0.05, 0) is 55.0 Å². The van der Waals surface area contributed by atoms with E-state index in [1.54, 1.807) is 66.7 Å². The van der Waals surface area contributed by atoms with E-state index >= 15 is 0 Å². The van der Waals surface area contributed by atoms with Gasteiger partial charge in [0.15, 0.2) is 0 Å². The lowest BCUT2D eigenvalue weighted by atomic mass is 9.95. The van der Waals surface area contributed by atoms with E-state index in [4.69, 9.17) is 27.9 Å². The van der Waals surface area contributed by atoms with Gasteiger partial charge in [-0.25, -0.2) is 0 Å². The number of carbonyl (C=O) groups is 2. The molecule has 1 saturated heterocycles. The Balaban J connectivity index is 1.94. The van der Waals surface area contributed by atoms with Crippen LogP contribution in [0, 0.1) is 0 Å². The normalized spacial score (nSPS) is 17.6. The molecule has 3 aromatic carbocycles. The third kappa shape index (κ3) is 3.97. The Bertz CT molecular complexity index is 1210. The van der Waals surface area contributed by atoms with Crippen molar-refractivity contribution in [3.05, 3.63) is 99.5 Å². The van der Waals surface area contributed by atoms with Gasteiger partial charge in [0.05, 0.1) is 23.2 Å². The number of halogens is 2. The molecule has 162 valence electrons. The summed E-state index contributed by atoms with van der Waals surface area (Å²) in [6.07, 6.45) is 0. The summed E-state index contributed by atoms with van der Waals surface area (Å²) in [6, 6.07) is 19.6. The standard InChI is InChI=1S/C25H19Cl2NO4/c1-2-32-18-12-13-20(27)19(14-18)23(29)21-22(15-6-4-3-5-7-15)28(25(31)24(21)30)17-10-8-16(26)9-11-17/h3-14,22,29H,2H2,1H3/b23-21+. The second-order valence-corrected chi connectivity index (χ2v) is 7.97. The van der Waals surface area contributed by atoms with Crippen molar-refractivity contribution < 1.29 is 19.4 Å². The maximum atomic E-state index is 13.2. The number of hydrogen-bond acceptors (Lipinski definition) is 4. The van der Waals surface area contributed by atoms with E-state index < -0.39 is 17.7 Å². The van der Waals surface area contributed by atoms with Gasteiger partial charge in [0.25, 0.3) is 11.7 Å². The first-order valence-corrected chi connectivity index (χ1v) is 10.7. The Labute approximate surface area is 195 Å². The van der Waals surface area contributed by atoms with Crippen LogP contribution in [-0.2, 0) is 9.59 Å². The van der Waals surface area contributed by atoms with E-state index in [2.05, 4.69) is 0 Å². The zero-order chi connectivity index (χ0) is 22.8. The van der Waals surface area contributed by atoms with Gasteiger partial charge in [-0.15, -0.1) is 0 Å². The molecular weight excluding hydrogens is 449 g/mol. The lowest BCUT2D eigenvalue weighted by molar-refractivity contribution is -0.132. The van der Waals surface area contributed by atoms with Crippen LogP contribution in [0.1, 0.15) is 24.1 Å². The average Bonchev–Trinajstić information content (AvgIpc) is 3.06. The molecule has 5 nitrogen and oxygen atoms in total. The van der Waals surface area contributed by atoms with Crippen LogP contribution < -0.4 is 9.64 Å². The summed E-state index contributed by atoms with van der Waals surface area (Å²) >= 11 is 12.4. The number of ketones is 1. The van der Waals surface area contributed by atoms with Gasteiger partial charge >= 0.3 is 0 Å². The number of nitrogens with zero attached hydrogens (tertiary/aromatic N) is 1. The van der Waals surface area contributed by atoms with Crippen LogP contribution >= 0.6 is 23.2 Å². The topological polar surface area (TPSA) is 66.8 Å². The molecule has 0 spiro atoms. The summed E-state index contributed by atoms with van der Waals surface area (Å²) in [6.45, 7) is 2.26. The third-order valence-corrected chi connectivity index (χ3v) is 5.75. The first-order valence-electron chi connectivity index (χ1n) is 9.96. The lowest BCUT2D eigenvalue weighted by Crippen LogP contribution is -2.29. The predicted octanol–water partition coefficient (Wildman–Crippen LogP) is 6.02. The Hall–Kier alpha value is -3.28. The Morgan fingerprint density at radius 1 is 1.00 bits per heavy atom. The van der Waals surface area contributed by atoms with Crippen LogP contribution in [0.4, 0.5) is 5.69 Å². The maximum Gasteiger partial charge on any atom is 0.300 e. The monoisotopic (exact) mass is 467 g/mol. The molecule has 0 aromatic heterocycles. The van der Waals surface area contributed by atoms with Crippen LogP contribution in [-0.4, -0.2) is 23.4 Å². The zero-order valence-corrected chi connectivity index (χ0v) is 18.6. The number of amides is 1. The van der Waals surface area contributed by atoms with E-state index in [0.29, 0.717) is 28.6 Å². The summed E-state index contributed by atoms with van der Waals surface area (Å²) in [5.41, 5.74) is 1.32. The smallest absolute Gasteiger partial charge is 0.300 e. The molecule has 3 aromatic rings. The summed E-state index contributed by atoms with van der Waals surface area (Å²) in [7, 11) is 0. The summed E-state index contributed by atoms with van der Waals surface area (Å²) in [5, 5.41) is 12.0. The molecule has 1 atom stereocenters. The predicted molar refractivity (Wildman–Crippen MR) is 125 cm³/mol. The molecule has 1 amide bonds. The van der Waals surface area contributed by atoms with Crippen LogP contribution in [0.25, 0.3) is 5.76 Å². The van der Waals surface area contributed by atoms with Gasteiger partial charge in [0.1, 0.15) is 11.5 Å². The van der Waals surface area contributed by atoms with Crippen molar-refractivity contribution in [2.24, 2.45) is 0 Å². The number of Topliss-reactive ketones (excluding diaryl/α,β-unsaturated/α-hetero) is 1. The Kier molecular flexibility index (Phi) is 6.21. The van der Waals surface area contributed by atoms with Crippen molar-refractivity contribution in [3.8, 4) is 5.75 Å². The van der Waals surface area contributed by atoms with E-state index in [1.807, 2.05) is 13.0 Å². The number of hydrogen-bond donors (Lipinski definition) is 1. The van der Waals surface area contributed by atoms with Crippen molar-refractivity contribution in [2.75, 3.05) is 11.5 Å². The molecule has 0 aliphatic carbocycles. The molecule has 1 heterocycles. The van der Waals surface area contributed by atoms with Gasteiger partial charge in [-0.3, -0.25) is 14.5 Å². The SMILES string of the molecule is CCOc1ccc(Cl)c(/C(O)=C2\C(=O)C(=O)N(c3ccc(Cl)cc3)C2c2ccccc2)c1. The second-order valence-electron chi connectivity index (χ2n) is 7.13. The largest absolute Gasteiger partial charge is 0.507 e. The number of aliphatic hydroxyl groups excluding tert-OH is 1. The minimum absolute atomic E-state index is 0.0494. The quantitative estimate of drug-likeness (QED) is 0.283. The van der Waals surface area contributed by atoms with Crippen molar-refractivity contribution in [1.82, 2.24) is 0 Å². The second kappa shape index (κ2) is 9.07. The van der Waals surface area contributed by atoms with Gasteiger partial charge in [-0.1, -0.05) is 53.5 Å². The number of anilines is 1.